The van der Waals surface area contributed by atoms with E-state index in [1.165, 1.54) is 180 Å². The van der Waals surface area contributed by atoms with E-state index in [1.54, 1.807) is 0 Å². The summed E-state index contributed by atoms with van der Waals surface area (Å²) in [6, 6.07) is 0. The molecule has 0 aliphatic carbocycles. The van der Waals surface area contributed by atoms with Crippen LogP contribution >= 0.6 is 0 Å². The van der Waals surface area contributed by atoms with Gasteiger partial charge in [0.1, 0.15) is 13.2 Å². The SMILES string of the molecule is CCCCCCC/C=C\CCCCCCCC(=O)OCC(COC(=O)CCCCCCC/C=C\CCCCCCCCC)OC(=O)CCCCCCC/C=C\CCCCCCCCC. The fraction of sp³-hybridized carbons (Fsp3) is 0.845. The van der Waals surface area contributed by atoms with Gasteiger partial charge >= 0.3 is 17.9 Å². The molecule has 0 N–H and O–H groups in total. The molecule has 0 fully saturated rings. The third-order valence-corrected chi connectivity index (χ3v) is 12.3. The summed E-state index contributed by atoms with van der Waals surface area (Å²) in [6.45, 7) is 6.63. The van der Waals surface area contributed by atoms with Crippen molar-refractivity contribution in [2.24, 2.45) is 0 Å². The van der Waals surface area contributed by atoms with Crippen molar-refractivity contribution in [2.45, 2.75) is 303 Å². The van der Waals surface area contributed by atoms with E-state index in [4.69, 9.17) is 14.2 Å². The number of rotatable bonds is 51. The van der Waals surface area contributed by atoms with E-state index in [2.05, 4.69) is 57.2 Å². The molecule has 6 heteroatoms. The predicted octanol–water partition coefficient (Wildman–Crippen LogP) is 18.5. The molecule has 374 valence electrons. The summed E-state index contributed by atoms with van der Waals surface area (Å²) in [6.07, 6.45) is 62.7. The van der Waals surface area contributed by atoms with Gasteiger partial charge in [0.2, 0.25) is 0 Å². The van der Waals surface area contributed by atoms with Crippen molar-refractivity contribution >= 4 is 17.9 Å². The van der Waals surface area contributed by atoms with Crippen LogP contribution in [-0.4, -0.2) is 37.2 Å². The molecule has 0 spiro atoms. The normalized spacial score (nSPS) is 12.2. The predicted molar refractivity (Wildman–Crippen MR) is 275 cm³/mol. The molecule has 6 nitrogen and oxygen atoms in total. The van der Waals surface area contributed by atoms with Crippen molar-refractivity contribution in [3.63, 3.8) is 0 Å². The van der Waals surface area contributed by atoms with Crippen LogP contribution in [0.5, 0.6) is 0 Å². The Hall–Kier alpha value is -2.37. The van der Waals surface area contributed by atoms with Crippen molar-refractivity contribution in [3.05, 3.63) is 36.5 Å². The van der Waals surface area contributed by atoms with Crippen LogP contribution in [0.25, 0.3) is 0 Å². The highest BCUT2D eigenvalue weighted by Gasteiger charge is 2.19. The quantitative estimate of drug-likeness (QED) is 0.0262. The maximum Gasteiger partial charge on any atom is 0.306 e. The Morgan fingerprint density at radius 1 is 0.297 bits per heavy atom. The van der Waals surface area contributed by atoms with Gasteiger partial charge in [-0.3, -0.25) is 14.4 Å². The molecule has 0 aliphatic rings. The molecule has 0 saturated carbocycles. The zero-order valence-corrected chi connectivity index (χ0v) is 42.8. The zero-order chi connectivity index (χ0) is 46.5. The summed E-state index contributed by atoms with van der Waals surface area (Å²) in [5.74, 6) is -0.892. The Morgan fingerprint density at radius 2 is 0.516 bits per heavy atom. The third kappa shape index (κ3) is 50.6. The van der Waals surface area contributed by atoms with E-state index < -0.39 is 6.10 Å². The van der Waals surface area contributed by atoms with Gasteiger partial charge in [0.15, 0.2) is 6.10 Å². The van der Waals surface area contributed by atoms with E-state index in [9.17, 15) is 14.4 Å². The van der Waals surface area contributed by atoms with Gasteiger partial charge in [-0.15, -0.1) is 0 Å². The number of ether oxygens (including phenoxy) is 3. The molecular formula is C58H106O6. The lowest BCUT2D eigenvalue weighted by molar-refractivity contribution is -0.167. The highest BCUT2D eigenvalue weighted by molar-refractivity contribution is 5.71. The minimum absolute atomic E-state index is 0.0805. The minimum Gasteiger partial charge on any atom is -0.462 e. The van der Waals surface area contributed by atoms with Crippen molar-refractivity contribution in [2.75, 3.05) is 13.2 Å². The Bertz CT molecular complexity index is 1080. The van der Waals surface area contributed by atoms with Gasteiger partial charge in [-0.1, -0.05) is 218 Å². The van der Waals surface area contributed by atoms with Crippen molar-refractivity contribution in [1.29, 1.82) is 0 Å². The second kappa shape index (κ2) is 53.2. The maximum atomic E-state index is 12.8. The zero-order valence-electron chi connectivity index (χ0n) is 42.8. The number of hydrogen-bond donors (Lipinski definition) is 0. The molecule has 1 atom stereocenters. The standard InChI is InChI=1S/C58H106O6/c1-4-7-10-13-16-19-22-25-28-30-33-36-39-42-45-48-51-57(60)63-54-55(53-62-56(59)50-47-44-41-38-35-32-27-24-21-18-15-12-9-6-3)64-58(61)52-49-46-43-40-37-34-31-29-26-23-20-17-14-11-8-5-2/h24,27-31,55H,4-23,25-26,32-54H2,1-3H3/b27-24-,30-28-,31-29-. The molecule has 0 radical (unpaired) electrons. The third-order valence-electron chi connectivity index (χ3n) is 12.3. The van der Waals surface area contributed by atoms with Crippen LogP contribution in [0.15, 0.2) is 36.5 Å². The first-order valence-corrected chi connectivity index (χ1v) is 28.0. The number of esters is 3. The molecule has 0 rings (SSSR count). The topological polar surface area (TPSA) is 78.9 Å². The van der Waals surface area contributed by atoms with Gasteiger partial charge in [0.05, 0.1) is 0 Å². The highest BCUT2D eigenvalue weighted by atomic mass is 16.6. The van der Waals surface area contributed by atoms with Crippen LogP contribution in [0.1, 0.15) is 297 Å². The van der Waals surface area contributed by atoms with Crippen LogP contribution in [0, 0.1) is 0 Å². The summed E-state index contributed by atoms with van der Waals surface area (Å²) < 4.78 is 16.8. The monoisotopic (exact) mass is 899 g/mol. The maximum absolute atomic E-state index is 12.8. The summed E-state index contributed by atoms with van der Waals surface area (Å²) in [4.78, 5) is 38.1. The number of carbonyl (C=O) groups is 3. The molecule has 0 saturated heterocycles. The molecule has 0 bridgehead atoms. The molecule has 0 aliphatic heterocycles. The van der Waals surface area contributed by atoms with Crippen molar-refractivity contribution < 1.29 is 28.6 Å². The highest BCUT2D eigenvalue weighted by Crippen LogP contribution is 2.15. The Labute approximate surface area is 397 Å². The Morgan fingerprint density at radius 3 is 0.781 bits per heavy atom. The van der Waals surface area contributed by atoms with E-state index in [1.807, 2.05) is 0 Å². The first-order valence-electron chi connectivity index (χ1n) is 28.0. The lowest BCUT2D eigenvalue weighted by atomic mass is 10.1. The van der Waals surface area contributed by atoms with Gasteiger partial charge < -0.3 is 14.2 Å². The minimum atomic E-state index is -0.781. The van der Waals surface area contributed by atoms with Crippen LogP contribution in [-0.2, 0) is 28.6 Å². The lowest BCUT2D eigenvalue weighted by Crippen LogP contribution is -2.30. The molecule has 0 amide bonds. The second-order valence-electron chi connectivity index (χ2n) is 18.8. The molecular weight excluding hydrogens is 793 g/mol. The molecule has 0 heterocycles. The fourth-order valence-electron chi connectivity index (χ4n) is 8.07. The van der Waals surface area contributed by atoms with E-state index in [0.29, 0.717) is 19.3 Å². The molecule has 0 aromatic rings. The van der Waals surface area contributed by atoms with Gasteiger partial charge in [-0.2, -0.15) is 0 Å². The van der Waals surface area contributed by atoms with Crippen molar-refractivity contribution in [1.82, 2.24) is 0 Å². The summed E-state index contributed by atoms with van der Waals surface area (Å²) in [5.41, 5.74) is 0. The smallest absolute Gasteiger partial charge is 0.306 e. The first kappa shape index (κ1) is 61.6. The Kier molecular flexibility index (Phi) is 51.3. The summed E-state index contributed by atoms with van der Waals surface area (Å²) in [5, 5.41) is 0. The van der Waals surface area contributed by atoms with Crippen LogP contribution in [0.3, 0.4) is 0 Å². The lowest BCUT2D eigenvalue weighted by Gasteiger charge is -2.18. The average Bonchev–Trinajstić information content (AvgIpc) is 3.29. The Balaban J connectivity index is 4.39. The number of hydrogen-bond acceptors (Lipinski definition) is 6. The fourth-order valence-corrected chi connectivity index (χ4v) is 8.07. The second-order valence-corrected chi connectivity index (χ2v) is 18.8. The van der Waals surface area contributed by atoms with E-state index in [-0.39, 0.29) is 31.1 Å². The van der Waals surface area contributed by atoms with Crippen molar-refractivity contribution in [3.8, 4) is 0 Å². The molecule has 0 aromatic heterocycles. The number of carbonyl (C=O) groups excluding carboxylic acids is 3. The van der Waals surface area contributed by atoms with E-state index >= 15 is 0 Å². The van der Waals surface area contributed by atoms with Crippen LogP contribution in [0.4, 0.5) is 0 Å². The summed E-state index contributed by atoms with van der Waals surface area (Å²) >= 11 is 0. The number of unbranched alkanes of at least 4 members (excludes halogenated alkanes) is 34. The van der Waals surface area contributed by atoms with Crippen LogP contribution in [0.2, 0.25) is 0 Å². The molecule has 0 aromatic carbocycles. The van der Waals surface area contributed by atoms with Crippen LogP contribution < -0.4 is 0 Å². The summed E-state index contributed by atoms with van der Waals surface area (Å²) in [7, 11) is 0. The average molecular weight is 899 g/mol. The molecule has 64 heavy (non-hydrogen) atoms. The number of allylic oxidation sites excluding steroid dienone is 6. The largest absolute Gasteiger partial charge is 0.462 e. The van der Waals surface area contributed by atoms with Gasteiger partial charge in [0.25, 0.3) is 0 Å². The van der Waals surface area contributed by atoms with Gasteiger partial charge in [-0.05, 0) is 96.3 Å². The molecule has 1 unspecified atom stereocenters. The van der Waals surface area contributed by atoms with Gasteiger partial charge in [-0.25, -0.2) is 0 Å². The first-order chi connectivity index (χ1) is 31.5. The van der Waals surface area contributed by atoms with E-state index in [0.717, 1.165) is 77.0 Å². The van der Waals surface area contributed by atoms with Gasteiger partial charge in [0, 0.05) is 19.3 Å².